The van der Waals surface area contributed by atoms with E-state index in [1.165, 1.54) is 7.11 Å². The number of methoxy groups -OCH3 is 1. The number of nitrogens with zero attached hydrogens (tertiary/aromatic N) is 2. The molecule has 0 aliphatic heterocycles. The molecule has 0 amide bonds. The van der Waals surface area contributed by atoms with Crippen LogP contribution in [-0.4, -0.2) is 27.6 Å². The minimum absolute atomic E-state index is 0.0414. The molecule has 2 aromatic rings. The molecule has 6 nitrogen and oxygen atoms in total. The quantitative estimate of drug-likeness (QED) is 0.662. The maximum Gasteiger partial charge on any atom is 0.340 e. The minimum atomic E-state index is -0.661. The Morgan fingerprint density at radius 1 is 1.43 bits per heavy atom. The highest BCUT2D eigenvalue weighted by molar-refractivity contribution is 7.71. The Morgan fingerprint density at radius 2 is 2.09 bits per heavy atom. The Kier molecular flexibility index (Phi) is 4.25. The number of pyridine rings is 1. The zero-order valence-corrected chi connectivity index (χ0v) is 14.4. The molecule has 0 bridgehead atoms. The second-order valence-corrected chi connectivity index (χ2v) is 6.41. The number of aryl methyl sites for hydroxylation is 1. The maximum absolute atomic E-state index is 12.4. The number of ether oxygens (including phenoxy) is 1. The van der Waals surface area contributed by atoms with Gasteiger partial charge in [0.05, 0.1) is 28.8 Å². The Hall–Kier alpha value is -1.73. The van der Waals surface area contributed by atoms with Crippen molar-refractivity contribution in [1.29, 1.82) is 0 Å². The number of carbonyl (C=O) groups excluding carboxylic acids is 1. The third-order valence-corrected chi connectivity index (χ3v) is 5.02. The Bertz CT molecular complexity index is 913. The fourth-order valence-electron chi connectivity index (χ4n) is 3.17. The molecule has 0 saturated heterocycles. The number of aromatic nitrogens is 3. The van der Waals surface area contributed by atoms with Gasteiger partial charge in [0.15, 0.2) is 4.77 Å². The van der Waals surface area contributed by atoms with E-state index in [0.29, 0.717) is 16.1 Å². The number of fused-ring (bicyclic) bond motifs is 1. The van der Waals surface area contributed by atoms with Crippen LogP contribution in [0.3, 0.4) is 0 Å². The predicted molar refractivity (Wildman–Crippen MR) is 89.8 cm³/mol. The lowest BCUT2D eigenvalue weighted by molar-refractivity contribution is 0.0603. The SMILES string of the molecule is COC(=O)c1c(Cl)c(C)nc2c1c(=O)[nH]c(=S)n2C1CCCC1. The van der Waals surface area contributed by atoms with E-state index >= 15 is 0 Å². The van der Waals surface area contributed by atoms with E-state index in [0.717, 1.165) is 25.7 Å². The normalized spacial score (nSPS) is 15.3. The number of aromatic amines is 1. The number of hydrogen-bond acceptors (Lipinski definition) is 5. The first-order valence-corrected chi connectivity index (χ1v) is 8.17. The smallest absolute Gasteiger partial charge is 0.340 e. The van der Waals surface area contributed by atoms with Crippen LogP contribution >= 0.6 is 23.8 Å². The number of H-pyrrole nitrogens is 1. The molecule has 0 aromatic carbocycles. The van der Waals surface area contributed by atoms with Gasteiger partial charge in [0, 0.05) is 6.04 Å². The molecule has 2 heterocycles. The molecule has 3 rings (SSSR count). The third-order valence-electron chi connectivity index (χ3n) is 4.26. The van der Waals surface area contributed by atoms with Gasteiger partial charge in [-0.3, -0.25) is 14.3 Å². The fraction of sp³-hybridized carbons (Fsp3) is 0.467. The lowest BCUT2D eigenvalue weighted by atomic mass is 10.1. The summed E-state index contributed by atoms with van der Waals surface area (Å²) in [6, 6.07) is 0.167. The summed E-state index contributed by atoms with van der Waals surface area (Å²) < 4.78 is 6.95. The fourth-order valence-corrected chi connectivity index (χ4v) is 3.71. The van der Waals surface area contributed by atoms with Gasteiger partial charge in [0.1, 0.15) is 5.65 Å². The summed E-state index contributed by atoms with van der Waals surface area (Å²) in [5.74, 6) is -0.661. The highest BCUT2D eigenvalue weighted by Crippen LogP contribution is 2.33. The Labute approximate surface area is 142 Å². The van der Waals surface area contributed by atoms with Gasteiger partial charge in [0.2, 0.25) is 0 Å². The monoisotopic (exact) mass is 353 g/mol. The van der Waals surface area contributed by atoms with Gasteiger partial charge in [-0.1, -0.05) is 24.4 Å². The molecule has 1 N–H and O–H groups in total. The number of carbonyl (C=O) groups is 1. The minimum Gasteiger partial charge on any atom is -0.465 e. The van der Waals surface area contributed by atoms with E-state index < -0.39 is 11.5 Å². The number of nitrogens with one attached hydrogen (secondary N) is 1. The molecular formula is C15H16ClN3O3S. The van der Waals surface area contributed by atoms with Crippen LogP contribution in [0.1, 0.15) is 47.8 Å². The number of hydrogen-bond donors (Lipinski definition) is 1. The van der Waals surface area contributed by atoms with Gasteiger partial charge in [-0.25, -0.2) is 9.78 Å². The van der Waals surface area contributed by atoms with E-state index in [-0.39, 0.29) is 22.0 Å². The van der Waals surface area contributed by atoms with Gasteiger partial charge in [-0.05, 0) is 32.0 Å². The van der Waals surface area contributed by atoms with E-state index in [9.17, 15) is 9.59 Å². The summed E-state index contributed by atoms with van der Waals surface area (Å²) in [7, 11) is 1.25. The van der Waals surface area contributed by atoms with Gasteiger partial charge in [-0.15, -0.1) is 0 Å². The Morgan fingerprint density at radius 3 is 2.70 bits per heavy atom. The van der Waals surface area contributed by atoms with Crippen LogP contribution in [0.25, 0.3) is 11.0 Å². The van der Waals surface area contributed by atoms with Crippen molar-refractivity contribution in [3.8, 4) is 0 Å². The second-order valence-electron chi connectivity index (χ2n) is 5.64. The highest BCUT2D eigenvalue weighted by Gasteiger charge is 2.26. The van der Waals surface area contributed by atoms with Crippen LogP contribution in [0, 0.1) is 11.7 Å². The van der Waals surface area contributed by atoms with E-state index in [1.807, 2.05) is 4.57 Å². The van der Waals surface area contributed by atoms with Gasteiger partial charge < -0.3 is 4.74 Å². The van der Waals surface area contributed by atoms with Crippen LogP contribution < -0.4 is 5.56 Å². The van der Waals surface area contributed by atoms with Gasteiger partial charge >= 0.3 is 5.97 Å². The molecule has 1 aliphatic carbocycles. The summed E-state index contributed by atoms with van der Waals surface area (Å²) in [5.41, 5.74) is 0.424. The topological polar surface area (TPSA) is 77.0 Å². The van der Waals surface area contributed by atoms with Crippen molar-refractivity contribution in [3.05, 3.63) is 31.4 Å². The highest BCUT2D eigenvalue weighted by atomic mass is 35.5. The molecule has 0 unspecified atom stereocenters. The lowest BCUT2D eigenvalue weighted by Gasteiger charge is -2.18. The van der Waals surface area contributed by atoms with Crippen molar-refractivity contribution in [3.63, 3.8) is 0 Å². The van der Waals surface area contributed by atoms with Crippen molar-refractivity contribution in [2.45, 2.75) is 38.6 Å². The van der Waals surface area contributed by atoms with Crippen molar-refractivity contribution in [2.75, 3.05) is 7.11 Å². The number of esters is 1. The molecule has 122 valence electrons. The second kappa shape index (κ2) is 6.05. The number of rotatable bonds is 2. The van der Waals surface area contributed by atoms with Crippen molar-refractivity contribution >= 4 is 40.8 Å². The molecule has 0 atom stereocenters. The molecular weight excluding hydrogens is 338 g/mol. The van der Waals surface area contributed by atoms with E-state index in [4.69, 9.17) is 28.6 Å². The molecule has 2 aromatic heterocycles. The molecule has 1 saturated carbocycles. The summed E-state index contributed by atoms with van der Waals surface area (Å²) in [6.45, 7) is 1.69. The first-order chi connectivity index (χ1) is 11.0. The average molecular weight is 354 g/mol. The zero-order chi connectivity index (χ0) is 16.7. The van der Waals surface area contributed by atoms with Crippen LogP contribution in [-0.2, 0) is 4.74 Å². The number of halogens is 1. The first-order valence-electron chi connectivity index (χ1n) is 7.38. The zero-order valence-electron chi connectivity index (χ0n) is 12.8. The van der Waals surface area contributed by atoms with E-state index in [1.54, 1.807) is 6.92 Å². The molecule has 0 radical (unpaired) electrons. The Balaban J connectivity index is 2.48. The van der Waals surface area contributed by atoms with Crippen molar-refractivity contribution < 1.29 is 9.53 Å². The van der Waals surface area contributed by atoms with Crippen molar-refractivity contribution in [2.24, 2.45) is 0 Å². The third kappa shape index (κ3) is 2.57. The summed E-state index contributed by atoms with van der Waals surface area (Å²) in [4.78, 5) is 31.7. The van der Waals surface area contributed by atoms with Crippen LogP contribution in [0.4, 0.5) is 0 Å². The molecule has 8 heteroatoms. The van der Waals surface area contributed by atoms with Crippen molar-refractivity contribution in [1.82, 2.24) is 14.5 Å². The van der Waals surface area contributed by atoms with Crippen LogP contribution in [0.2, 0.25) is 5.02 Å². The van der Waals surface area contributed by atoms with E-state index in [2.05, 4.69) is 9.97 Å². The lowest BCUT2D eigenvalue weighted by Crippen LogP contribution is -2.22. The summed E-state index contributed by atoms with van der Waals surface area (Å²) >= 11 is 11.6. The van der Waals surface area contributed by atoms with Crippen LogP contribution in [0.5, 0.6) is 0 Å². The molecule has 1 fully saturated rings. The molecule has 23 heavy (non-hydrogen) atoms. The largest absolute Gasteiger partial charge is 0.465 e. The molecule has 1 aliphatic rings. The van der Waals surface area contributed by atoms with Gasteiger partial charge in [-0.2, -0.15) is 0 Å². The van der Waals surface area contributed by atoms with Gasteiger partial charge in [0.25, 0.3) is 5.56 Å². The standard InChI is InChI=1S/C15H16ClN3O3S/c1-7-11(16)9(14(21)22-2)10-12(17-7)19(8-5-3-4-6-8)15(23)18-13(10)20/h8H,3-6H2,1-2H3,(H,18,20,23). The average Bonchev–Trinajstić information content (AvgIpc) is 3.02. The predicted octanol–water partition coefficient (Wildman–Crippen LogP) is 3.32. The summed E-state index contributed by atoms with van der Waals surface area (Å²) in [5, 5.41) is 0.262. The summed E-state index contributed by atoms with van der Waals surface area (Å²) in [6.07, 6.45) is 4.13. The maximum atomic E-state index is 12.4. The van der Waals surface area contributed by atoms with Crippen LogP contribution in [0.15, 0.2) is 4.79 Å². The molecule has 0 spiro atoms. The first kappa shape index (κ1) is 16.1.